The predicted molar refractivity (Wildman–Crippen MR) is 137 cm³/mol. The van der Waals surface area contributed by atoms with E-state index in [4.69, 9.17) is 9.72 Å². The normalized spacial score (nSPS) is 16.3. The number of rotatable bonds is 8. The molecule has 3 heterocycles. The van der Waals surface area contributed by atoms with Crippen LogP contribution in [0.3, 0.4) is 0 Å². The molecule has 0 spiro atoms. The first-order valence-corrected chi connectivity index (χ1v) is 12.0. The minimum Gasteiger partial charge on any atom is -0.497 e. The molecular weight excluding hydrogens is 473 g/mol. The van der Waals surface area contributed by atoms with Gasteiger partial charge in [0, 0.05) is 13.1 Å². The summed E-state index contributed by atoms with van der Waals surface area (Å²) >= 11 is 0. The number of ether oxygens (including phenoxy) is 1. The van der Waals surface area contributed by atoms with E-state index in [0.717, 1.165) is 16.6 Å². The minimum atomic E-state index is -1.15. The van der Waals surface area contributed by atoms with Gasteiger partial charge in [-0.25, -0.2) is 19.3 Å². The monoisotopic (exact) mass is 499 g/mol. The van der Waals surface area contributed by atoms with E-state index >= 15 is 0 Å². The van der Waals surface area contributed by atoms with Crippen molar-refractivity contribution in [1.82, 2.24) is 19.5 Å². The van der Waals surface area contributed by atoms with Crippen molar-refractivity contribution in [2.75, 3.05) is 17.3 Å². The Morgan fingerprint density at radius 2 is 2.05 bits per heavy atom. The number of hydrogen-bond acceptors (Lipinski definition) is 7. The smallest absolute Gasteiger partial charge is 0.234 e. The molecule has 1 aromatic carbocycles. The zero-order valence-corrected chi connectivity index (χ0v) is 20.8. The molecule has 0 aliphatic heterocycles. The van der Waals surface area contributed by atoms with Gasteiger partial charge >= 0.3 is 0 Å². The Morgan fingerprint density at radius 1 is 1.30 bits per heavy atom. The van der Waals surface area contributed by atoms with Crippen molar-refractivity contribution in [2.45, 2.75) is 32.5 Å². The van der Waals surface area contributed by atoms with Gasteiger partial charge in [0.25, 0.3) is 0 Å². The number of nitrogens with zero attached hydrogens (tertiary/aromatic N) is 6. The number of anilines is 3. The predicted octanol–water partition coefficient (Wildman–Crippen LogP) is 4.44. The summed E-state index contributed by atoms with van der Waals surface area (Å²) in [4.78, 5) is 28.5. The number of fused-ring (bicyclic) bond motifs is 1. The largest absolute Gasteiger partial charge is 0.497 e. The van der Waals surface area contributed by atoms with Crippen LogP contribution in [0.2, 0.25) is 0 Å². The molecule has 2 atom stereocenters. The Bertz CT molecular complexity index is 1510. The standard InChI is InChI=1S/C27H26FN7O2/c1-4-17-9-18(12-29)30-13-22(17)32-24-11-23-25(31-15-34(23)2)26(33-24)35(27(36)20-10-21(20)28)14-16-5-7-19(37-3)8-6-16/h5-9,11,13,15,20-21H,4,10,14H2,1-3H3,(H,32,33)/t20-,21+/m0/s1. The third-order valence-electron chi connectivity index (χ3n) is 6.49. The molecule has 1 aliphatic carbocycles. The van der Waals surface area contributed by atoms with Crippen molar-refractivity contribution in [1.29, 1.82) is 5.26 Å². The fourth-order valence-corrected chi connectivity index (χ4v) is 4.25. The van der Waals surface area contributed by atoms with Crippen LogP contribution in [0.15, 0.2) is 48.9 Å². The maximum Gasteiger partial charge on any atom is 0.234 e. The number of aryl methyl sites for hydroxylation is 2. The van der Waals surface area contributed by atoms with Crippen molar-refractivity contribution in [2.24, 2.45) is 13.0 Å². The van der Waals surface area contributed by atoms with Crippen molar-refractivity contribution in [3.8, 4) is 11.8 Å². The Morgan fingerprint density at radius 3 is 2.70 bits per heavy atom. The zero-order valence-electron chi connectivity index (χ0n) is 20.8. The van der Waals surface area contributed by atoms with Gasteiger partial charge in [0.15, 0.2) is 5.82 Å². The molecule has 37 heavy (non-hydrogen) atoms. The van der Waals surface area contributed by atoms with Crippen LogP contribution in [0, 0.1) is 17.2 Å². The number of carbonyl (C=O) groups is 1. The number of alkyl halides is 1. The Hall–Kier alpha value is -4.52. The molecule has 1 saturated carbocycles. The van der Waals surface area contributed by atoms with Crippen molar-refractivity contribution in [3.63, 3.8) is 0 Å². The van der Waals surface area contributed by atoms with Crippen molar-refractivity contribution < 1.29 is 13.9 Å². The SMILES string of the molecule is CCc1cc(C#N)ncc1Nc1cc2c(ncn2C)c(N(Cc2ccc(OC)cc2)C(=O)[C@H]2C[C@H]2F)n1. The number of benzene rings is 1. The minimum absolute atomic E-state index is 0.201. The lowest BCUT2D eigenvalue weighted by atomic mass is 10.1. The summed E-state index contributed by atoms with van der Waals surface area (Å²) in [6.07, 6.45) is 3.00. The quantitative estimate of drug-likeness (QED) is 0.382. The number of nitriles is 1. The maximum atomic E-state index is 14.0. The van der Waals surface area contributed by atoms with Crippen LogP contribution in [0.25, 0.3) is 11.0 Å². The topological polar surface area (TPSA) is 109 Å². The summed E-state index contributed by atoms with van der Waals surface area (Å²) in [6.45, 7) is 2.19. The summed E-state index contributed by atoms with van der Waals surface area (Å²) in [5.41, 5.74) is 4.09. The van der Waals surface area contributed by atoms with E-state index in [-0.39, 0.29) is 18.9 Å². The third-order valence-corrected chi connectivity index (χ3v) is 6.49. The number of carbonyl (C=O) groups excluding carboxylic acids is 1. The number of nitrogens with one attached hydrogen (secondary N) is 1. The maximum absolute atomic E-state index is 14.0. The van der Waals surface area contributed by atoms with Crippen LogP contribution in [-0.4, -0.2) is 38.7 Å². The van der Waals surface area contributed by atoms with Crippen LogP contribution >= 0.6 is 0 Å². The van der Waals surface area contributed by atoms with Gasteiger partial charge in [-0.3, -0.25) is 9.69 Å². The van der Waals surface area contributed by atoms with Crippen molar-refractivity contribution in [3.05, 3.63) is 65.7 Å². The third kappa shape index (κ3) is 4.80. The second-order valence-electron chi connectivity index (χ2n) is 9.00. The molecule has 1 aliphatic rings. The van der Waals surface area contributed by atoms with Gasteiger partial charge in [0.2, 0.25) is 5.91 Å². The van der Waals surface area contributed by atoms with Gasteiger partial charge in [0.1, 0.15) is 35.0 Å². The Kier molecular flexibility index (Phi) is 6.44. The van der Waals surface area contributed by atoms with E-state index in [1.165, 1.54) is 4.90 Å². The lowest BCUT2D eigenvalue weighted by Gasteiger charge is -2.23. The number of hydrogen-bond donors (Lipinski definition) is 1. The summed E-state index contributed by atoms with van der Waals surface area (Å²) in [7, 11) is 3.45. The molecule has 5 rings (SSSR count). The van der Waals surface area contributed by atoms with E-state index in [0.29, 0.717) is 40.7 Å². The highest BCUT2D eigenvalue weighted by Crippen LogP contribution is 2.38. The fourth-order valence-electron chi connectivity index (χ4n) is 4.25. The van der Waals surface area contributed by atoms with Gasteiger partial charge in [-0.1, -0.05) is 19.1 Å². The zero-order chi connectivity index (χ0) is 26.1. The van der Waals surface area contributed by atoms with Gasteiger partial charge in [0.05, 0.1) is 43.3 Å². The molecule has 9 nitrogen and oxygen atoms in total. The summed E-state index contributed by atoms with van der Waals surface area (Å²) in [5.74, 6) is 0.512. The molecule has 188 valence electrons. The van der Waals surface area contributed by atoms with Crippen LogP contribution in [0.5, 0.6) is 5.75 Å². The molecule has 3 aromatic heterocycles. The first-order valence-electron chi connectivity index (χ1n) is 12.0. The van der Waals surface area contributed by atoms with Gasteiger partial charge in [-0.2, -0.15) is 5.26 Å². The van der Waals surface area contributed by atoms with Crippen LogP contribution in [-0.2, 0) is 24.8 Å². The number of aromatic nitrogens is 4. The molecular formula is C27H26FN7O2. The van der Waals surface area contributed by atoms with E-state index in [1.54, 1.807) is 25.7 Å². The molecule has 0 radical (unpaired) electrons. The van der Waals surface area contributed by atoms with Crippen LogP contribution < -0.4 is 15.0 Å². The number of pyridine rings is 2. The highest BCUT2D eigenvalue weighted by molar-refractivity contribution is 6.02. The number of amides is 1. The van der Waals surface area contributed by atoms with Gasteiger partial charge in [-0.05, 0) is 42.2 Å². The van der Waals surface area contributed by atoms with E-state index in [9.17, 15) is 14.4 Å². The Balaban J connectivity index is 1.59. The number of imidazole rings is 1. The van der Waals surface area contributed by atoms with Gasteiger partial charge in [-0.15, -0.1) is 0 Å². The molecule has 0 unspecified atom stereocenters. The summed E-state index contributed by atoms with van der Waals surface area (Å²) in [6, 6.07) is 13.0. The second kappa shape index (κ2) is 9.85. The first kappa shape index (κ1) is 24.2. The fraction of sp³-hybridized carbons (Fsp3) is 0.296. The molecule has 4 aromatic rings. The molecule has 10 heteroatoms. The van der Waals surface area contributed by atoms with Crippen LogP contribution in [0.1, 0.15) is 30.2 Å². The summed E-state index contributed by atoms with van der Waals surface area (Å²) in [5, 5.41) is 12.5. The molecule has 1 N–H and O–H groups in total. The average Bonchev–Trinajstić information content (AvgIpc) is 3.55. The highest BCUT2D eigenvalue weighted by Gasteiger charge is 2.46. The van der Waals surface area contributed by atoms with Gasteiger partial charge < -0.3 is 14.6 Å². The number of halogens is 1. The lowest BCUT2D eigenvalue weighted by Crippen LogP contribution is -2.33. The summed E-state index contributed by atoms with van der Waals surface area (Å²) < 4.78 is 21.1. The highest BCUT2D eigenvalue weighted by atomic mass is 19.1. The van der Waals surface area contributed by atoms with E-state index < -0.39 is 12.1 Å². The molecule has 1 fully saturated rings. The van der Waals surface area contributed by atoms with Crippen molar-refractivity contribution >= 4 is 34.3 Å². The molecule has 0 saturated heterocycles. The van der Waals surface area contributed by atoms with Crippen LogP contribution in [0.4, 0.5) is 21.7 Å². The second-order valence-corrected chi connectivity index (χ2v) is 9.00. The van der Waals surface area contributed by atoms with E-state index in [1.807, 2.05) is 48.9 Å². The molecule has 1 amide bonds. The lowest BCUT2D eigenvalue weighted by molar-refractivity contribution is -0.120. The first-order chi connectivity index (χ1) is 17.9. The number of methoxy groups -OCH3 is 1. The van der Waals surface area contributed by atoms with E-state index in [2.05, 4.69) is 21.4 Å². The molecule has 0 bridgehead atoms. The Labute approximate surface area is 213 Å². The average molecular weight is 500 g/mol.